The largest absolute Gasteiger partial charge is 0.454 e. The molecule has 0 aromatic rings. The zero-order chi connectivity index (χ0) is 56.1. The Morgan fingerprint density at radius 2 is 0.935 bits per heavy atom. The summed E-state index contributed by atoms with van der Waals surface area (Å²) in [5.41, 5.74) is 0. The number of hydrogen-bond acceptors (Lipinski definition) is 10. The zero-order valence-corrected chi connectivity index (χ0v) is 49.1. The third-order valence-corrected chi connectivity index (χ3v) is 14.3. The summed E-state index contributed by atoms with van der Waals surface area (Å²) in [6.45, 7) is 5.65. The molecule has 0 aliphatic carbocycles. The van der Waals surface area contributed by atoms with Crippen molar-refractivity contribution in [2.75, 3.05) is 13.2 Å². The Morgan fingerprint density at radius 3 is 1.40 bits per heavy atom. The number of aliphatic hydroxyl groups excluding tert-OH is 5. The van der Waals surface area contributed by atoms with Gasteiger partial charge < -0.3 is 45.1 Å². The Kier molecular flexibility index (Phi) is 49.9. The molecule has 0 saturated carbocycles. The molecule has 444 valence electrons. The number of unbranched alkanes of at least 4 members (excludes halogenated alkanes) is 26. The van der Waals surface area contributed by atoms with E-state index in [0.717, 1.165) is 103 Å². The lowest BCUT2D eigenvalue weighted by Crippen LogP contribution is -2.61. The quantitative estimate of drug-likeness (QED) is 0.0195. The van der Waals surface area contributed by atoms with E-state index >= 15 is 0 Å². The molecule has 8 unspecified atom stereocenters. The van der Waals surface area contributed by atoms with E-state index in [0.29, 0.717) is 12.8 Å². The number of hydrogen-bond donors (Lipinski definition) is 6. The first-order valence-electron chi connectivity index (χ1n) is 31.4. The van der Waals surface area contributed by atoms with Gasteiger partial charge in [-0.05, 0) is 77.0 Å². The average molecular weight is 1080 g/mol. The second-order valence-electron chi connectivity index (χ2n) is 21.4. The summed E-state index contributed by atoms with van der Waals surface area (Å²) in [6.07, 6.45) is 59.0. The SMILES string of the molecule is CC/C=C\C/C=C\C/C=C\C/C=C\C/C=C\C/C=C\CCCCCCC(=O)OC1C(OCC(NC(=O)C(O)CCCCCCCCCCCCCCCC)C(O)/C=C/CCCCCCCCCCC)OC(CO)C(O)C1O. The van der Waals surface area contributed by atoms with Gasteiger partial charge in [0, 0.05) is 6.42 Å². The van der Waals surface area contributed by atoms with Crippen LogP contribution in [0.5, 0.6) is 0 Å². The fourth-order valence-corrected chi connectivity index (χ4v) is 9.36. The molecule has 1 rings (SSSR count). The van der Waals surface area contributed by atoms with Gasteiger partial charge in [0.2, 0.25) is 5.91 Å². The van der Waals surface area contributed by atoms with Crippen molar-refractivity contribution in [2.45, 2.75) is 307 Å². The molecule has 0 aromatic carbocycles. The van der Waals surface area contributed by atoms with Crippen LogP contribution < -0.4 is 5.32 Å². The minimum atomic E-state index is -1.63. The monoisotopic (exact) mass is 1080 g/mol. The fraction of sp³-hybridized carbons (Fsp3) is 0.758. The van der Waals surface area contributed by atoms with Crippen molar-refractivity contribution >= 4 is 11.9 Å². The van der Waals surface area contributed by atoms with E-state index in [4.69, 9.17) is 14.2 Å². The minimum absolute atomic E-state index is 0.0910. The molecule has 0 aromatic heterocycles. The molecule has 1 aliphatic rings. The summed E-state index contributed by atoms with van der Waals surface area (Å²) >= 11 is 0. The minimum Gasteiger partial charge on any atom is -0.454 e. The van der Waals surface area contributed by atoms with Gasteiger partial charge in [0.25, 0.3) is 0 Å². The molecule has 1 heterocycles. The molecule has 77 heavy (non-hydrogen) atoms. The number of carbonyl (C=O) groups is 2. The normalized spacial score (nSPS) is 19.6. The second kappa shape index (κ2) is 53.5. The van der Waals surface area contributed by atoms with Crippen LogP contribution in [-0.4, -0.2) is 99.6 Å². The molecule has 1 aliphatic heterocycles. The van der Waals surface area contributed by atoms with Gasteiger partial charge in [-0.1, -0.05) is 260 Å². The molecule has 6 N–H and O–H groups in total. The van der Waals surface area contributed by atoms with E-state index in [1.54, 1.807) is 6.08 Å². The highest BCUT2D eigenvalue weighted by Crippen LogP contribution is 2.26. The standard InChI is InChI=1S/C66H115NO10/c1-4-7-10-13-16-19-22-24-26-27-28-29-30-31-32-33-34-36-39-42-45-48-51-54-61(71)77-64-63(73)62(72)60(55-68)76-66(64)75-56-57(58(69)52-49-46-43-40-37-21-18-15-12-9-6-3)67-65(74)59(70)53-50-47-44-41-38-35-25-23-20-17-14-11-8-5-2/h7,10,16,19,24,26,28-29,31-32,34,36,49,52,57-60,62-64,66,68-70,72-73H,4-6,8-9,11-15,17-18,20-23,25,27,30,33,35,37-48,50-51,53-56H2,1-3H3,(H,67,74)/b10-7-,19-16-,26-24-,29-28-,32-31-,36-34-,52-49+. The third-order valence-electron chi connectivity index (χ3n) is 14.3. The number of esters is 1. The van der Waals surface area contributed by atoms with Gasteiger partial charge in [0.15, 0.2) is 12.4 Å². The van der Waals surface area contributed by atoms with Gasteiger partial charge in [0.05, 0.1) is 25.4 Å². The van der Waals surface area contributed by atoms with Crippen molar-refractivity contribution in [2.24, 2.45) is 0 Å². The van der Waals surface area contributed by atoms with Crippen LogP contribution in [0, 0.1) is 0 Å². The van der Waals surface area contributed by atoms with E-state index in [-0.39, 0.29) is 19.4 Å². The molecule has 0 spiro atoms. The number of rotatable bonds is 52. The molecule has 1 fully saturated rings. The summed E-state index contributed by atoms with van der Waals surface area (Å²) < 4.78 is 17.6. The molecular weight excluding hydrogens is 967 g/mol. The van der Waals surface area contributed by atoms with Gasteiger partial charge in [-0.15, -0.1) is 0 Å². The molecule has 11 nitrogen and oxygen atoms in total. The first-order valence-corrected chi connectivity index (χ1v) is 31.4. The van der Waals surface area contributed by atoms with E-state index < -0.39 is 67.4 Å². The van der Waals surface area contributed by atoms with E-state index in [1.807, 2.05) is 6.08 Å². The van der Waals surface area contributed by atoms with Crippen molar-refractivity contribution in [1.82, 2.24) is 5.32 Å². The first-order chi connectivity index (χ1) is 37.7. The van der Waals surface area contributed by atoms with E-state index in [1.165, 1.54) is 109 Å². The summed E-state index contributed by atoms with van der Waals surface area (Å²) in [5.74, 6) is -1.22. The maximum absolute atomic E-state index is 13.4. The van der Waals surface area contributed by atoms with Gasteiger partial charge in [-0.3, -0.25) is 9.59 Å². The maximum Gasteiger partial charge on any atom is 0.306 e. The van der Waals surface area contributed by atoms with Crippen LogP contribution >= 0.6 is 0 Å². The van der Waals surface area contributed by atoms with Crippen LogP contribution in [0.2, 0.25) is 0 Å². The average Bonchev–Trinajstić information content (AvgIpc) is 3.43. The zero-order valence-electron chi connectivity index (χ0n) is 49.1. The third kappa shape index (κ3) is 41.5. The van der Waals surface area contributed by atoms with E-state index in [9.17, 15) is 35.1 Å². The van der Waals surface area contributed by atoms with Crippen LogP contribution in [0.3, 0.4) is 0 Å². The Labute approximate surface area is 470 Å². The lowest BCUT2D eigenvalue weighted by Gasteiger charge is -2.41. The van der Waals surface area contributed by atoms with Crippen molar-refractivity contribution < 1.29 is 49.3 Å². The predicted octanol–water partition coefficient (Wildman–Crippen LogP) is 14.9. The number of allylic oxidation sites excluding steroid dienone is 13. The Morgan fingerprint density at radius 1 is 0.519 bits per heavy atom. The first kappa shape index (κ1) is 71.9. The summed E-state index contributed by atoms with van der Waals surface area (Å²) in [6, 6.07) is -1.03. The van der Waals surface area contributed by atoms with Crippen LogP contribution in [0.25, 0.3) is 0 Å². The number of ether oxygens (including phenoxy) is 3. The highest BCUT2D eigenvalue weighted by Gasteiger charge is 2.47. The van der Waals surface area contributed by atoms with Gasteiger partial charge in [-0.2, -0.15) is 0 Å². The summed E-state index contributed by atoms with van der Waals surface area (Å²) in [5, 5.41) is 56.9. The Hall–Kier alpha value is -3.16. The molecule has 11 heteroatoms. The van der Waals surface area contributed by atoms with E-state index in [2.05, 4.69) is 99.0 Å². The number of carbonyl (C=O) groups excluding carboxylic acids is 2. The van der Waals surface area contributed by atoms with Crippen molar-refractivity contribution in [1.29, 1.82) is 0 Å². The van der Waals surface area contributed by atoms with Crippen LogP contribution in [0.1, 0.15) is 258 Å². The van der Waals surface area contributed by atoms with Crippen molar-refractivity contribution in [3.63, 3.8) is 0 Å². The topological polar surface area (TPSA) is 175 Å². The maximum atomic E-state index is 13.4. The highest BCUT2D eigenvalue weighted by molar-refractivity contribution is 5.80. The van der Waals surface area contributed by atoms with Gasteiger partial charge >= 0.3 is 5.97 Å². The highest BCUT2D eigenvalue weighted by atomic mass is 16.7. The number of aliphatic hydroxyl groups is 5. The molecule has 1 saturated heterocycles. The Bertz CT molecular complexity index is 1570. The van der Waals surface area contributed by atoms with Crippen molar-refractivity contribution in [3.8, 4) is 0 Å². The molecule has 0 radical (unpaired) electrons. The second-order valence-corrected chi connectivity index (χ2v) is 21.4. The van der Waals surface area contributed by atoms with Crippen LogP contribution in [-0.2, 0) is 23.8 Å². The smallest absolute Gasteiger partial charge is 0.306 e. The van der Waals surface area contributed by atoms with Crippen LogP contribution in [0.4, 0.5) is 0 Å². The number of nitrogens with one attached hydrogen (secondary N) is 1. The summed E-state index contributed by atoms with van der Waals surface area (Å²) in [7, 11) is 0. The lowest BCUT2D eigenvalue weighted by atomic mass is 9.99. The van der Waals surface area contributed by atoms with Gasteiger partial charge in [0.1, 0.15) is 24.4 Å². The number of amides is 1. The fourth-order valence-electron chi connectivity index (χ4n) is 9.36. The molecule has 8 atom stereocenters. The summed E-state index contributed by atoms with van der Waals surface area (Å²) in [4.78, 5) is 26.5. The molecular formula is C66H115NO10. The Balaban J connectivity index is 2.66. The van der Waals surface area contributed by atoms with Crippen molar-refractivity contribution in [3.05, 3.63) is 85.1 Å². The predicted molar refractivity (Wildman–Crippen MR) is 319 cm³/mol. The van der Waals surface area contributed by atoms with Crippen LogP contribution in [0.15, 0.2) is 85.1 Å². The lowest BCUT2D eigenvalue weighted by molar-refractivity contribution is -0.305. The molecule has 1 amide bonds. The molecule has 0 bridgehead atoms. The van der Waals surface area contributed by atoms with Gasteiger partial charge in [-0.25, -0.2) is 0 Å².